The molecule has 5 aromatic rings. The topological polar surface area (TPSA) is 0 Å². The van der Waals surface area contributed by atoms with Crippen molar-refractivity contribution in [3.8, 4) is 11.1 Å². The lowest BCUT2D eigenvalue weighted by Gasteiger charge is -2.24. The zero-order valence-electron chi connectivity index (χ0n) is 21.8. The molecule has 0 nitrogen and oxygen atoms in total. The Balaban J connectivity index is 1.71. The largest absolute Gasteiger partial charge is 0.0622 e. The van der Waals surface area contributed by atoms with Crippen molar-refractivity contribution in [2.75, 3.05) is 0 Å². The van der Waals surface area contributed by atoms with Crippen molar-refractivity contribution in [2.45, 2.75) is 40.0 Å². The van der Waals surface area contributed by atoms with Crippen LogP contribution in [0.15, 0.2) is 115 Å². The van der Waals surface area contributed by atoms with Crippen molar-refractivity contribution in [2.24, 2.45) is 0 Å². The molecule has 1 unspecified atom stereocenters. The van der Waals surface area contributed by atoms with Gasteiger partial charge in [-0.05, 0) is 73.1 Å². The summed E-state index contributed by atoms with van der Waals surface area (Å²) < 4.78 is 0. The summed E-state index contributed by atoms with van der Waals surface area (Å²) in [4.78, 5) is 0. The summed E-state index contributed by atoms with van der Waals surface area (Å²) in [6.45, 7) is 8.70. The molecule has 0 N–H and O–H groups in total. The first kappa shape index (κ1) is 23.8. The highest BCUT2D eigenvalue weighted by atomic mass is 14.2. The molecule has 0 bridgehead atoms. The fourth-order valence-electron chi connectivity index (χ4n) is 5.13. The van der Waals surface area contributed by atoms with E-state index in [1.54, 1.807) is 0 Å². The third kappa shape index (κ3) is 5.19. The molecule has 5 rings (SSSR count). The van der Waals surface area contributed by atoms with Gasteiger partial charge in [0, 0.05) is 5.92 Å². The Hall–Kier alpha value is -3.90. The van der Waals surface area contributed by atoms with E-state index in [0.29, 0.717) is 0 Å². The van der Waals surface area contributed by atoms with Gasteiger partial charge in [0.05, 0.1) is 0 Å². The maximum atomic E-state index is 2.38. The fourth-order valence-corrected chi connectivity index (χ4v) is 5.13. The average molecular weight is 467 g/mol. The summed E-state index contributed by atoms with van der Waals surface area (Å²) in [5, 5.41) is 0. The molecule has 0 aromatic heterocycles. The van der Waals surface area contributed by atoms with Crippen LogP contribution >= 0.6 is 0 Å². The van der Waals surface area contributed by atoms with E-state index < -0.39 is 0 Å². The van der Waals surface area contributed by atoms with Gasteiger partial charge < -0.3 is 0 Å². The lowest BCUT2D eigenvalue weighted by atomic mass is 9.79. The molecule has 0 radical (unpaired) electrons. The molecule has 0 aliphatic carbocycles. The van der Waals surface area contributed by atoms with Gasteiger partial charge in [-0.3, -0.25) is 0 Å². The van der Waals surface area contributed by atoms with Crippen LogP contribution < -0.4 is 0 Å². The van der Waals surface area contributed by atoms with Gasteiger partial charge in [0.2, 0.25) is 0 Å². The number of benzene rings is 5. The molecule has 0 heteroatoms. The molecular weight excluding hydrogens is 432 g/mol. The second kappa shape index (κ2) is 10.4. The first-order valence-electron chi connectivity index (χ1n) is 12.9. The van der Waals surface area contributed by atoms with E-state index in [1.807, 2.05) is 0 Å². The first-order chi connectivity index (χ1) is 17.5. The Kier molecular flexibility index (Phi) is 6.87. The monoisotopic (exact) mass is 466 g/mol. The smallest absolute Gasteiger partial charge is 0.0346 e. The highest BCUT2D eigenvalue weighted by molar-refractivity contribution is 5.75. The number of hydrogen-bond donors (Lipinski definition) is 0. The molecule has 0 aliphatic rings. The summed E-state index contributed by atoms with van der Waals surface area (Å²) in [6.07, 6.45) is 0.920. The molecule has 0 saturated heterocycles. The minimum absolute atomic E-state index is 0.162. The predicted octanol–water partition coefficient (Wildman–Crippen LogP) is 9.36. The van der Waals surface area contributed by atoms with Gasteiger partial charge in [0.25, 0.3) is 0 Å². The van der Waals surface area contributed by atoms with Crippen molar-refractivity contribution < 1.29 is 0 Å². The van der Waals surface area contributed by atoms with Crippen LogP contribution in [0.25, 0.3) is 11.1 Å². The van der Waals surface area contributed by atoms with Crippen LogP contribution in [0, 0.1) is 27.7 Å². The highest BCUT2D eigenvalue weighted by Crippen LogP contribution is 2.40. The van der Waals surface area contributed by atoms with E-state index in [4.69, 9.17) is 0 Å². The van der Waals surface area contributed by atoms with Crippen molar-refractivity contribution in [3.05, 3.63) is 165 Å². The van der Waals surface area contributed by atoms with Crippen LogP contribution in [-0.4, -0.2) is 0 Å². The molecular formula is C36H34. The maximum absolute atomic E-state index is 2.38. The summed E-state index contributed by atoms with van der Waals surface area (Å²) >= 11 is 0. The quantitative estimate of drug-likeness (QED) is 0.219. The van der Waals surface area contributed by atoms with Gasteiger partial charge >= 0.3 is 0 Å². The van der Waals surface area contributed by atoms with Crippen LogP contribution in [0.5, 0.6) is 0 Å². The standard InChI is InChI=1S/C36H34/c1-25-10-16-29(17-11-25)24-32-20-14-27(3)22-34(32)35-23-28(4)15-21-33(35)36(30-8-6-5-7-9-30)31-18-12-26(2)13-19-31/h5-23,36H,24H2,1-4H3. The Morgan fingerprint density at radius 1 is 0.472 bits per heavy atom. The molecule has 0 amide bonds. The predicted molar refractivity (Wildman–Crippen MR) is 154 cm³/mol. The van der Waals surface area contributed by atoms with Crippen LogP contribution in [0.4, 0.5) is 0 Å². The van der Waals surface area contributed by atoms with Crippen molar-refractivity contribution in [1.29, 1.82) is 0 Å². The van der Waals surface area contributed by atoms with Crippen LogP contribution in [-0.2, 0) is 6.42 Å². The normalized spacial score (nSPS) is 11.9. The minimum atomic E-state index is 0.162. The zero-order valence-corrected chi connectivity index (χ0v) is 21.8. The lowest BCUT2D eigenvalue weighted by molar-refractivity contribution is 0.976. The molecule has 1 atom stereocenters. The number of aryl methyl sites for hydroxylation is 4. The van der Waals surface area contributed by atoms with Gasteiger partial charge in [0.15, 0.2) is 0 Å². The molecule has 0 saturated carbocycles. The zero-order chi connectivity index (χ0) is 25.1. The molecule has 5 aromatic carbocycles. The Labute approximate surface area is 216 Å². The molecule has 178 valence electrons. The van der Waals surface area contributed by atoms with E-state index in [1.165, 1.54) is 61.2 Å². The van der Waals surface area contributed by atoms with E-state index in [0.717, 1.165) is 6.42 Å². The van der Waals surface area contributed by atoms with Crippen LogP contribution in [0.2, 0.25) is 0 Å². The third-order valence-electron chi connectivity index (χ3n) is 7.13. The second-order valence-corrected chi connectivity index (χ2v) is 10.2. The van der Waals surface area contributed by atoms with Crippen LogP contribution in [0.1, 0.15) is 56.0 Å². The van der Waals surface area contributed by atoms with Gasteiger partial charge in [-0.25, -0.2) is 0 Å². The highest BCUT2D eigenvalue weighted by Gasteiger charge is 2.22. The second-order valence-electron chi connectivity index (χ2n) is 10.2. The van der Waals surface area contributed by atoms with Gasteiger partial charge in [-0.1, -0.05) is 138 Å². The first-order valence-corrected chi connectivity index (χ1v) is 12.9. The third-order valence-corrected chi connectivity index (χ3v) is 7.13. The summed E-state index contributed by atoms with van der Waals surface area (Å²) in [7, 11) is 0. The molecule has 0 aliphatic heterocycles. The van der Waals surface area contributed by atoms with Crippen molar-refractivity contribution >= 4 is 0 Å². The Bertz CT molecular complexity index is 1460. The fraction of sp³-hybridized carbons (Fsp3) is 0.167. The summed E-state index contributed by atoms with van der Waals surface area (Å²) in [6, 6.07) is 42.9. The molecule has 0 spiro atoms. The van der Waals surface area contributed by atoms with Gasteiger partial charge in [-0.2, -0.15) is 0 Å². The maximum Gasteiger partial charge on any atom is 0.0346 e. The SMILES string of the molecule is Cc1ccc(Cc2ccc(C)cc2-c2cc(C)ccc2C(c2ccccc2)c2ccc(C)cc2)cc1. The number of hydrogen-bond acceptors (Lipinski definition) is 0. The van der Waals surface area contributed by atoms with E-state index in [9.17, 15) is 0 Å². The lowest BCUT2D eigenvalue weighted by Crippen LogP contribution is -2.07. The van der Waals surface area contributed by atoms with Crippen LogP contribution in [0.3, 0.4) is 0 Å². The Morgan fingerprint density at radius 3 is 1.67 bits per heavy atom. The average Bonchev–Trinajstić information content (AvgIpc) is 2.89. The molecule has 0 fully saturated rings. The van der Waals surface area contributed by atoms with E-state index in [-0.39, 0.29) is 5.92 Å². The minimum Gasteiger partial charge on any atom is -0.0622 e. The summed E-state index contributed by atoms with van der Waals surface area (Å²) in [5.41, 5.74) is 14.5. The molecule has 36 heavy (non-hydrogen) atoms. The molecule has 0 heterocycles. The van der Waals surface area contributed by atoms with Gasteiger partial charge in [-0.15, -0.1) is 0 Å². The van der Waals surface area contributed by atoms with Gasteiger partial charge in [0.1, 0.15) is 0 Å². The summed E-state index contributed by atoms with van der Waals surface area (Å²) in [5.74, 6) is 0.162. The van der Waals surface area contributed by atoms with Crippen molar-refractivity contribution in [1.82, 2.24) is 0 Å². The van der Waals surface area contributed by atoms with E-state index >= 15 is 0 Å². The van der Waals surface area contributed by atoms with E-state index in [2.05, 4.69) is 143 Å². The number of rotatable bonds is 6. The van der Waals surface area contributed by atoms with Crippen molar-refractivity contribution in [3.63, 3.8) is 0 Å². The Morgan fingerprint density at radius 2 is 1.00 bits per heavy atom.